The van der Waals surface area contributed by atoms with Gasteiger partial charge in [0, 0.05) is 18.0 Å². The van der Waals surface area contributed by atoms with Crippen LogP contribution in [-0.4, -0.2) is 43.9 Å². The minimum atomic E-state index is -0.945. The minimum Gasteiger partial charge on any atom is -0.478 e. The number of aromatic carboxylic acids is 1. The lowest BCUT2D eigenvalue weighted by Gasteiger charge is -2.22. The van der Waals surface area contributed by atoms with Crippen molar-refractivity contribution in [3.63, 3.8) is 0 Å². The molecule has 0 radical (unpaired) electrons. The Hall–Kier alpha value is -3.26. The van der Waals surface area contributed by atoms with Crippen LogP contribution in [0.2, 0.25) is 0 Å². The summed E-state index contributed by atoms with van der Waals surface area (Å²) < 4.78 is 2.00. The Kier molecular flexibility index (Phi) is 5.03. The molecule has 0 amide bonds. The molecule has 0 spiro atoms. The van der Waals surface area contributed by atoms with Gasteiger partial charge in [-0.15, -0.1) is 0 Å². The van der Waals surface area contributed by atoms with E-state index in [1.807, 2.05) is 17.8 Å². The standard InChI is InChI=1S/C20H22N6O2/c1-13-10-22-20(25-18(13)14-2-4-15(5-3-14)19(27)28)24-16-11-23-26(12-16)17-6-8-21-9-7-17/h2-5,10-12,17,21H,6-9H2,1H3,(H,27,28)(H,22,24,25). The number of nitrogens with one attached hydrogen (secondary N) is 2. The molecule has 0 aliphatic carbocycles. The Labute approximate surface area is 162 Å². The van der Waals surface area contributed by atoms with E-state index in [2.05, 4.69) is 25.7 Å². The molecule has 4 rings (SSSR count). The van der Waals surface area contributed by atoms with E-state index in [0.717, 1.165) is 48.4 Å². The Morgan fingerprint density at radius 3 is 2.68 bits per heavy atom. The molecular formula is C20H22N6O2. The first-order valence-corrected chi connectivity index (χ1v) is 9.29. The minimum absolute atomic E-state index is 0.249. The number of hydrogen-bond acceptors (Lipinski definition) is 6. The highest BCUT2D eigenvalue weighted by atomic mass is 16.4. The summed E-state index contributed by atoms with van der Waals surface area (Å²) in [6.07, 6.45) is 7.66. The van der Waals surface area contributed by atoms with Crippen LogP contribution in [-0.2, 0) is 0 Å². The Bertz CT molecular complexity index is 977. The Morgan fingerprint density at radius 2 is 1.96 bits per heavy atom. The topological polar surface area (TPSA) is 105 Å². The van der Waals surface area contributed by atoms with Crippen molar-refractivity contribution in [3.8, 4) is 11.3 Å². The molecule has 28 heavy (non-hydrogen) atoms. The van der Waals surface area contributed by atoms with Crippen LogP contribution < -0.4 is 10.6 Å². The second-order valence-electron chi connectivity index (χ2n) is 6.92. The highest BCUT2D eigenvalue weighted by Gasteiger charge is 2.16. The van der Waals surface area contributed by atoms with E-state index in [1.165, 1.54) is 0 Å². The molecule has 3 heterocycles. The number of aryl methyl sites for hydroxylation is 1. The molecule has 1 aliphatic rings. The molecule has 8 nitrogen and oxygen atoms in total. The second-order valence-corrected chi connectivity index (χ2v) is 6.92. The molecule has 3 aromatic rings. The maximum atomic E-state index is 11.0. The van der Waals surface area contributed by atoms with Crippen LogP contribution in [0, 0.1) is 6.92 Å². The summed E-state index contributed by atoms with van der Waals surface area (Å²) in [6.45, 7) is 3.95. The molecule has 0 saturated carbocycles. The van der Waals surface area contributed by atoms with E-state index in [4.69, 9.17) is 5.11 Å². The van der Waals surface area contributed by atoms with Crippen molar-refractivity contribution in [1.29, 1.82) is 0 Å². The number of hydrogen-bond donors (Lipinski definition) is 3. The molecule has 1 aromatic carbocycles. The van der Waals surface area contributed by atoms with Gasteiger partial charge >= 0.3 is 5.97 Å². The van der Waals surface area contributed by atoms with Crippen LogP contribution in [0.4, 0.5) is 11.6 Å². The van der Waals surface area contributed by atoms with Gasteiger partial charge < -0.3 is 15.7 Å². The largest absolute Gasteiger partial charge is 0.478 e. The number of carboxylic acids is 1. The fraction of sp³-hybridized carbons (Fsp3) is 0.300. The Balaban J connectivity index is 1.54. The van der Waals surface area contributed by atoms with E-state index in [-0.39, 0.29) is 5.56 Å². The third-order valence-electron chi connectivity index (χ3n) is 4.92. The van der Waals surface area contributed by atoms with Crippen molar-refractivity contribution in [2.45, 2.75) is 25.8 Å². The van der Waals surface area contributed by atoms with Crippen LogP contribution in [0.1, 0.15) is 34.8 Å². The van der Waals surface area contributed by atoms with Crippen molar-refractivity contribution in [1.82, 2.24) is 25.1 Å². The number of piperidine rings is 1. The van der Waals surface area contributed by atoms with Crippen LogP contribution in [0.3, 0.4) is 0 Å². The molecule has 2 aromatic heterocycles. The third kappa shape index (κ3) is 3.86. The molecular weight excluding hydrogens is 356 g/mol. The number of nitrogens with zero attached hydrogens (tertiary/aromatic N) is 4. The van der Waals surface area contributed by atoms with Crippen LogP contribution in [0.15, 0.2) is 42.9 Å². The summed E-state index contributed by atoms with van der Waals surface area (Å²) in [5.74, 6) is -0.466. The molecule has 3 N–H and O–H groups in total. The lowest BCUT2D eigenvalue weighted by atomic mass is 10.1. The lowest BCUT2D eigenvalue weighted by molar-refractivity contribution is 0.0697. The average molecular weight is 378 g/mol. The van der Waals surface area contributed by atoms with Gasteiger partial charge in [-0.2, -0.15) is 5.10 Å². The maximum Gasteiger partial charge on any atom is 0.335 e. The highest BCUT2D eigenvalue weighted by Crippen LogP contribution is 2.24. The third-order valence-corrected chi connectivity index (χ3v) is 4.92. The quantitative estimate of drug-likeness (QED) is 0.627. The van der Waals surface area contributed by atoms with Crippen LogP contribution in [0.5, 0.6) is 0 Å². The molecule has 1 fully saturated rings. The van der Waals surface area contributed by atoms with Gasteiger partial charge in [-0.05, 0) is 50.6 Å². The number of aromatic nitrogens is 4. The van der Waals surface area contributed by atoms with Gasteiger partial charge in [0.25, 0.3) is 0 Å². The van der Waals surface area contributed by atoms with Crippen LogP contribution >= 0.6 is 0 Å². The molecule has 1 saturated heterocycles. The number of anilines is 2. The van der Waals surface area contributed by atoms with Gasteiger partial charge in [0.15, 0.2) is 0 Å². The van der Waals surface area contributed by atoms with Crippen molar-refractivity contribution in [2.75, 3.05) is 18.4 Å². The monoisotopic (exact) mass is 378 g/mol. The first-order valence-electron chi connectivity index (χ1n) is 9.29. The van der Waals surface area contributed by atoms with E-state index < -0.39 is 5.97 Å². The normalized spacial score (nSPS) is 14.8. The van der Waals surface area contributed by atoms with Crippen molar-refractivity contribution in [2.24, 2.45) is 0 Å². The SMILES string of the molecule is Cc1cnc(Nc2cnn(C3CCNCC3)c2)nc1-c1ccc(C(=O)O)cc1. The zero-order valence-electron chi connectivity index (χ0n) is 15.6. The van der Waals surface area contributed by atoms with E-state index in [1.54, 1.807) is 36.7 Å². The lowest BCUT2D eigenvalue weighted by Crippen LogP contribution is -2.29. The summed E-state index contributed by atoms with van der Waals surface area (Å²) in [5.41, 5.74) is 3.62. The predicted octanol–water partition coefficient (Wildman–Crippen LogP) is 3.01. The predicted molar refractivity (Wildman–Crippen MR) is 106 cm³/mol. The van der Waals surface area contributed by atoms with Crippen molar-refractivity contribution >= 4 is 17.6 Å². The highest BCUT2D eigenvalue weighted by molar-refractivity contribution is 5.88. The Morgan fingerprint density at radius 1 is 1.21 bits per heavy atom. The van der Waals surface area contributed by atoms with Crippen molar-refractivity contribution < 1.29 is 9.90 Å². The second kappa shape index (κ2) is 7.77. The summed E-state index contributed by atoms with van der Waals surface area (Å²) in [7, 11) is 0. The van der Waals surface area contributed by atoms with Gasteiger partial charge in [0.05, 0.1) is 29.2 Å². The average Bonchev–Trinajstić information content (AvgIpc) is 3.19. The molecule has 0 unspecified atom stereocenters. The number of benzene rings is 1. The van der Waals surface area contributed by atoms with Gasteiger partial charge in [0.2, 0.25) is 5.95 Å². The van der Waals surface area contributed by atoms with Gasteiger partial charge in [-0.25, -0.2) is 14.8 Å². The summed E-state index contributed by atoms with van der Waals surface area (Å²) in [5, 5.41) is 20.1. The zero-order valence-corrected chi connectivity index (χ0v) is 15.6. The van der Waals surface area contributed by atoms with Gasteiger partial charge in [-0.3, -0.25) is 4.68 Å². The smallest absolute Gasteiger partial charge is 0.335 e. The summed E-state index contributed by atoms with van der Waals surface area (Å²) in [6, 6.07) is 7.10. The summed E-state index contributed by atoms with van der Waals surface area (Å²) >= 11 is 0. The fourth-order valence-corrected chi connectivity index (χ4v) is 3.37. The molecule has 0 atom stereocenters. The maximum absolute atomic E-state index is 11.0. The first kappa shape index (κ1) is 18.1. The van der Waals surface area contributed by atoms with Gasteiger partial charge in [0.1, 0.15) is 0 Å². The van der Waals surface area contributed by atoms with E-state index >= 15 is 0 Å². The van der Waals surface area contributed by atoms with Crippen molar-refractivity contribution in [3.05, 3.63) is 54.0 Å². The fourth-order valence-electron chi connectivity index (χ4n) is 3.37. The molecule has 1 aliphatic heterocycles. The molecule has 8 heteroatoms. The van der Waals surface area contributed by atoms with Gasteiger partial charge in [-0.1, -0.05) is 12.1 Å². The first-order chi connectivity index (χ1) is 13.6. The zero-order chi connectivity index (χ0) is 19.5. The molecule has 144 valence electrons. The van der Waals surface area contributed by atoms with E-state index in [9.17, 15) is 4.79 Å². The number of carboxylic acid groups (broad SMARTS) is 1. The number of carbonyl (C=O) groups is 1. The van der Waals surface area contributed by atoms with Crippen LogP contribution in [0.25, 0.3) is 11.3 Å². The molecule has 0 bridgehead atoms. The number of rotatable bonds is 5. The van der Waals surface area contributed by atoms with E-state index in [0.29, 0.717) is 12.0 Å². The summed E-state index contributed by atoms with van der Waals surface area (Å²) in [4.78, 5) is 20.0.